The predicted molar refractivity (Wildman–Crippen MR) is 178 cm³/mol. The number of likely N-dealkylation sites (tertiary alicyclic amines) is 1. The van der Waals surface area contributed by atoms with Crippen molar-refractivity contribution in [3.63, 3.8) is 0 Å². The minimum absolute atomic E-state index is 0.256. The maximum atomic E-state index is 14.9. The number of anilines is 2. The number of aromatic nitrogens is 6. The average molecular weight is 615 g/mol. The van der Waals surface area contributed by atoms with Crippen LogP contribution in [0.4, 0.5) is 16.2 Å². The van der Waals surface area contributed by atoms with E-state index in [0.29, 0.717) is 57.7 Å². The first-order valence-corrected chi connectivity index (χ1v) is 15.4. The molecule has 0 aliphatic carbocycles. The summed E-state index contributed by atoms with van der Waals surface area (Å²) in [4.78, 5) is 25.0. The summed E-state index contributed by atoms with van der Waals surface area (Å²) in [6.07, 6.45) is 9.12. The van der Waals surface area contributed by atoms with Crippen molar-refractivity contribution >= 4 is 28.5 Å². The third kappa shape index (κ3) is 6.48. The molecule has 0 bridgehead atoms. The molecule has 4 aromatic heterocycles. The summed E-state index contributed by atoms with van der Waals surface area (Å²) in [6.45, 7) is 6.32. The third-order valence-electron chi connectivity index (χ3n) is 8.07. The lowest BCUT2D eigenvalue weighted by Gasteiger charge is -2.32. The highest BCUT2D eigenvalue weighted by Crippen LogP contribution is 2.32. The number of pyridine rings is 2. The Kier molecular flexibility index (Phi) is 9.08. The fourth-order valence-corrected chi connectivity index (χ4v) is 5.74. The lowest BCUT2D eigenvalue weighted by atomic mass is 10.0. The molecule has 1 aromatic carbocycles. The molecule has 0 atom stereocenters. The van der Waals surface area contributed by atoms with Crippen LogP contribution in [0.3, 0.4) is 0 Å². The minimum Gasteiger partial charge on any atom is -0.383 e. The van der Waals surface area contributed by atoms with Crippen LogP contribution in [0, 0.1) is 11.3 Å². The first-order valence-electron chi connectivity index (χ1n) is 15.4. The number of nitriles is 1. The predicted octanol–water partition coefficient (Wildman–Crippen LogP) is 6.47. The SMILES string of the molecule is C/C=C(F)\C(=C/CC)c1ccc2nc(-c3cccnc3N)n(-c3ccc(CN4CCC(Nc5nccc(C#N)n5)CC4)cc3)c2n1. The normalized spacial score (nSPS) is 14.8. The quantitative estimate of drug-likeness (QED) is 0.179. The van der Waals surface area contributed by atoms with Gasteiger partial charge in [0, 0.05) is 49.3 Å². The van der Waals surface area contributed by atoms with Crippen LogP contribution >= 0.6 is 0 Å². The monoisotopic (exact) mass is 614 g/mol. The fourth-order valence-electron chi connectivity index (χ4n) is 5.74. The molecular formula is C35H35FN10. The van der Waals surface area contributed by atoms with E-state index >= 15 is 0 Å². The number of halogens is 1. The van der Waals surface area contributed by atoms with Crippen molar-refractivity contribution in [2.45, 2.75) is 45.7 Å². The molecule has 1 saturated heterocycles. The van der Waals surface area contributed by atoms with E-state index < -0.39 is 0 Å². The molecule has 46 heavy (non-hydrogen) atoms. The highest BCUT2D eigenvalue weighted by molar-refractivity contribution is 5.85. The second kappa shape index (κ2) is 13.7. The van der Waals surface area contributed by atoms with Gasteiger partial charge in [-0.1, -0.05) is 31.2 Å². The van der Waals surface area contributed by atoms with Crippen LogP contribution in [0.15, 0.2) is 85.0 Å². The summed E-state index contributed by atoms with van der Waals surface area (Å²) in [7, 11) is 0. The van der Waals surface area contributed by atoms with Gasteiger partial charge in [0.15, 0.2) is 11.5 Å². The summed E-state index contributed by atoms with van der Waals surface area (Å²) >= 11 is 0. The van der Waals surface area contributed by atoms with Gasteiger partial charge in [0.2, 0.25) is 5.95 Å². The molecule has 5 heterocycles. The van der Waals surface area contributed by atoms with E-state index in [1.165, 1.54) is 11.6 Å². The van der Waals surface area contributed by atoms with Crippen LogP contribution in [-0.4, -0.2) is 53.5 Å². The molecule has 10 nitrogen and oxygen atoms in total. The highest BCUT2D eigenvalue weighted by Gasteiger charge is 2.22. The van der Waals surface area contributed by atoms with Gasteiger partial charge in [-0.25, -0.2) is 29.3 Å². The molecule has 11 heteroatoms. The van der Waals surface area contributed by atoms with Crippen LogP contribution < -0.4 is 11.1 Å². The first-order chi connectivity index (χ1) is 22.5. The topological polar surface area (TPSA) is 134 Å². The van der Waals surface area contributed by atoms with Crippen molar-refractivity contribution in [2.75, 3.05) is 24.1 Å². The van der Waals surface area contributed by atoms with E-state index in [4.69, 9.17) is 21.0 Å². The van der Waals surface area contributed by atoms with Gasteiger partial charge in [-0.2, -0.15) is 5.26 Å². The largest absolute Gasteiger partial charge is 0.383 e. The maximum Gasteiger partial charge on any atom is 0.224 e. The van der Waals surface area contributed by atoms with E-state index in [-0.39, 0.29) is 11.9 Å². The molecule has 1 aliphatic heterocycles. The van der Waals surface area contributed by atoms with Crippen LogP contribution in [0.1, 0.15) is 50.1 Å². The number of rotatable bonds is 9. The molecule has 0 saturated carbocycles. The van der Waals surface area contributed by atoms with Crippen molar-refractivity contribution in [1.29, 1.82) is 5.26 Å². The Bertz CT molecular complexity index is 1950. The van der Waals surface area contributed by atoms with Gasteiger partial charge in [0.25, 0.3) is 0 Å². The van der Waals surface area contributed by atoms with Crippen LogP contribution in [-0.2, 0) is 6.54 Å². The Hall–Kier alpha value is -5.47. The van der Waals surface area contributed by atoms with Crippen LogP contribution in [0.5, 0.6) is 0 Å². The van der Waals surface area contributed by atoms with Crippen molar-refractivity contribution in [2.24, 2.45) is 0 Å². The number of piperidine rings is 1. The number of hydrogen-bond donors (Lipinski definition) is 2. The molecule has 0 radical (unpaired) electrons. The van der Waals surface area contributed by atoms with Gasteiger partial charge in [0.1, 0.15) is 28.9 Å². The third-order valence-corrected chi connectivity index (χ3v) is 8.07. The number of nitrogens with two attached hydrogens (primary N) is 1. The van der Waals surface area contributed by atoms with Crippen molar-refractivity contribution in [3.05, 3.63) is 102 Å². The second-order valence-electron chi connectivity index (χ2n) is 11.1. The van der Waals surface area contributed by atoms with Gasteiger partial charge in [-0.05, 0) is 74.2 Å². The smallest absolute Gasteiger partial charge is 0.224 e. The summed E-state index contributed by atoms with van der Waals surface area (Å²) in [5.41, 5.74) is 11.7. The molecule has 0 unspecified atom stereocenters. The van der Waals surface area contributed by atoms with Crippen LogP contribution in [0.2, 0.25) is 0 Å². The number of allylic oxidation sites excluding steroid dienone is 4. The molecule has 232 valence electrons. The molecule has 0 spiro atoms. The molecule has 5 aromatic rings. The number of nitrogens with one attached hydrogen (secondary N) is 1. The Morgan fingerprint density at radius 3 is 2.57 bits per heavy atom. The van der Waals surface area contributed by atoms with E-state index in [9.17, 15) is 4.39 Å². The van der Waals surface area contributed by atoms with Crippen LogP contribution in [0.25, 0.3) is 33.8 Å². The van der Waals surface area contributed by atoms with E-state index in [1.54, 1.807) is 31.5 Å². The number of imidazole rings is 1. The first kappa shape index (κ1) is 30.6. The Morgan fingerprint density at radius 2 is 1.85 bits per heavy atom. The molecule has 1 aliphatic rings. The molecule has 6 rings (SSSR count). The molecule has 3 N–H and O–H groups in total. The summed E-state index contributed by atoms with van der Waals surface area (Å²) in [5.74, 6) is 1.16. The zero-order valence-corrected chi connectivity index (χ0v) is 25.9. The number of benzene rings is 1. The zero-order chi connectivity index (χ0) is 32.0. The number of nitrogens with zero attached hydrogens (tertiary/aromatic N) is 8. The molecule has 1 fully saturated rings. The Balaban J connectivity index is 1.26. The van der Waals surface area contributed by atoms with E-state index in [0.717, 1.165) is 38.2 Å². The van der Waals surface area contributed by atoms with Gasteiger partial charge < -0.3 is 11.1 Å². The van der Waals surface area contributed by atoms with Gasteiger partial charge in [-0.15, -0.1) is 0 Å². The van der Waals surface area contributed by atoms with E-state index in [2.05, 4.69) is 55.5 Å². The second-order valence-corrected chi connectivity index (χ2v) is 11.1. The Labute approximate surface area is 267 Å². The highest BCUT2D eigenvalue weighted by atomic mass is 19.1. The summed E-state index contributed by atoms with van der Waals surface area (Å²) < 4.78 is 16.8. The number of hydrogen-bond acceptors (Lipinski definition) is 9. The maximum absolute atomic E-state index is 14.9. The summed E-state index contributed by atoms with van der Waals surface area (Å²) in [5, 5.41) is 12.5. The lowest BCUT2D eigenvalue weighted by Crippen LogP contribution is -2.39. The lowest BCUT2D eigenvalue weighted by molar-refractivity contribution is 0.211. The number of nitrogen functional groups attached to an aromatic ring is 1. The molecular weight excluding hydrogens is 579 g/mol. The van der Waals surface area contributed by atoms with E-state index in [1.807, 2.05) is 35.8 Å². The minimum atomic E-state index is -0.317. The average Bonchev–Trinajstić information content (AvgIpc) is 3.47. The van der Waals surface area contributed by atoms with Gasteiger partial charge in [-0.3, -0.25) is 9.47 Å². The molecule has 0 amide bonds. The zero-order valence-electron chi connectivity index (χ0n) is 25.9. The van der Waals surface area contributed by atoms with Crippen molar-refractivity contribution in [1.82, 2.24) is 34.4 Å². The van der Waals surface area contributed by atoms with Crippen molar-refractivity contribution < 1.29 is 4.39 Å². The summed E-state index contributed by atoms with van der Waals surface area (Å²) in [6, 6.07) is 19.7. The van der Waals surface area contributed by atoms with Gasteiger partial charge in [0.05, 0.1) is 11.3 Å². The van der Waals surface area contributed by atoms with Gasteiger partial charge >= 0.3 is 0 Å². The fraction of sp³-hybridized carbons (Fsp3) is 0.257. The number of fused-ring (bicyclic) bond motifs is 1. The van der Waals surface area contributed by atoms with Crippen molar-refractivity contribution in [3.8, 4) is 23.1 Å². The standard InChI is InChI=1S/C35H35FN10/c1-3-6-27(29(36)4-2)30-12-13-31-34(43-30)46(33(44-31)28-7-5-17-39-32(28)38)26-10-8-23(9-11-26)22-45-19-15-24(16-20-45)41-35-40-18-14-25(21-37)42-35/h4-14,17-18,24H,3,15-16,19-20,22H2,1-2H3,(H2,38,39)(H,40,41,42)/b27-6+,29-4+. The Morgan fingerprint density at radius 1 is 1.04 bits per heavy atom.